The second-order valence-corrected chi connectivity index (χ2v) is 6.25. The summed E-state index contributed by atoms with van der Waals surface area (Å²) in [5.74, 6) is 0. The van der Waals surface area contributed by atoms with Crippen LogP contribution in [0.3, 0.4) is 0 Å². The first-order chi connectivity index (χ1) is 11.3. The largest absolute Gasteiger partial charge is 0.394 e. The van der Waals surface area contributed by atoms with E-state index in [1.165, 1.54) is 6.08 Å². The van der Waals surface area contributed by atoms with Crippen molar-refractivity contribution in [1.82, 2.24) is 4.72 Å². The fourth-order valence-electron chi connectivity index (χ4n) is 1.76. The molecule has 11 nitrogen and oxygen atoms in total. The lowest BCUT2D eigenvalue weighted by Crippen LogP contribution is -2.61. The summed E-state index contributed by atoms with van der Waals surface area (Å²) in [7, 11) is 0. The number of aliphatic hydroxyl groups excluding tert-OH is 5. The zero-order valence-corrected chi connectivity index (χ0v) is 14.0. The molecule has 0 amide bonds. The van der Waals surface area contributed by atoms with Gasteiger partial charge in [-0.05, 0) is 11.9 Å². The maximum absolute atomic E-state index is 10.5. The van der Waals surface area contributed by atoms with Crippen LogP contribution in [0, 0.1) is 0 Å². The van der Waals surface area contributed by atoms with E-state index in [1.807, 2.05) is 0 Å². The van der Waals surface area contributed by atoms with Gasteiger partial charge in [-0.25, -0.2) is 4.72 Å². The lowest BCUT2D eigenvalue weighted by molar-refractivity contribution is -0.231. The predicted molar refractivity (Wildman–Crippen MR) is 84.6 cm³/mol. The number of aliphatic hydroxyl groups is 5. The van der Waals surface area contributed by atoms with E-state index in [2.05, 4.69) is 20.7 Å². The number of hydrogen-bond acceptors (Lipinski definition) is 11. The van der Waals surface area contributed by atoms with Gasteiger partial charge in [0.15, 0.2) is 0 Å². The average molecular weight is 388 g/mol. The third-order valence-electron chi connectivity index (χ3n) is 3.04. The minimum absolute atomic E-state index is 0.0155. The third kappa shape index (κ3) is 6.36. The van der Waals surface area contributed by atoms with Crippen LogP contribution in [0.15, 0.2) is 17.8 Å². The van der Waals surface area contributed by atoms with Gasteiger partial charge in [0.25, 0.3) is 0 Å². The molecule has 1 aliphatic heterocycles. The zero-order chi connectivity index (χ0) is 18.3. The molecule has 0 aromatic heterocycles. The first kappa shape index (κ1) is 21.4. The molecule has 1 aliphatic rings. The van der Waals surface area contributed by atoms with E-state index in [9.17, 15) is 24.6 Å². The van der Waals surface area contributed by atoms with Crippen molar-refractivity contribution in [2.75, 3.05) is 6.61 Å². The first-order valence-electron chi connectivity index (χ1n) is 6.68. The highest BCUT2D eigenvalue weighted by atomic mass is 32.2. The van der Waals surface area contributed by atoms with E-state index < -0.39 is 54.7 Å². The van der Waals surface area contributed by atoms with Crippen LogP contribution >= 0.6 is 11.9 Å². The monoisotopic (exact) mass is 388 g/mol. The highest BCUT2D eigenvalue weighted by Gasteiger charge is 2.43. The summed E-state index contributed by atoms with van der Waals surface area (Å²) >= 11 is -1.96. The van der Waals surface area contributed by atoms with E-state index in [-0.39, 0.29) is 11.5 Å². The molecule has 0 saturated carbocycles. The summed E-state index contributed by atoms with van der Waals surface area (Å²) in [6.07, 6.45) is -6.79. The van der Waals surface area contributed by atoms with Crippen LogP contribution in [0.25, 0.3) is 0 Å². The van der Waals surface area contributed by atoms with Gasteiger partial charge in [-0.2, -0.15) is 4.21 Å². The minimum atomic E-state index is -2.66. The number of nitrogens with zero attached hydrogens (tertiary/aromatic N) is 1. The zero-order valence-electron chi connectivity index (χ0n) is 12.3. The maximum atomic E-state index is 10.5. The van der Waals surface area contributed by atoms with E-state index in [0.717, 1.165) is 0 Å². The molecule has 0 aromatic carbocycles. The van der Waals surface area contributed by atoms with Gasteiger partial charge in [-0.3, -0.25) is 8.84 Å². The molecule has 7 atom stereocenters. The molecule has 0 bridgehead atoms. The van der Waals surface area contributed by atoms with Crippen LogP contribution in [0.1, 0.15) is 6.42 Å². The van der Waals surface area contributed by atoms with Gasteiger partial charge in [0.1, 0.15) is 35.7 Å². The Bertz CT molecular complexity index is 465. The summed E-state index contributed by atoms with van der Waals surface area (Å²) in [5.41, 5.74) is 0. The van der Waals surface area contributed by atoms with Gasteiger partial charge in [0.2, 0.25) is 0 Å². The van der Waals surface area contributed by atoms with Gasteiger partial charge in [-0.1, -0.05) is 11.2 Å². The Morgan fingerprint density at radius 2 is 2.08 bits per heavy atom. The quantitative estimate of drug-likeness (QED) is 0.0579. The van der Waals surface area contributed by atoms with Crippen molar-refractivity contribution < 1.29 is 43.3 Å². The van der Waals surface area contributed by atoms with Crippen molar-refractivity contribution in [3.63, 3.8) is 0 Å². The number of oxime groups is 1. The van der Waals surface area contributed by atoms with Crippen molar-refractivity contribution >= 4 is 28.4 Å². The smallest absolute Gasteiger partial charge is 0.378 e. The van der Waals surface area contributed by atoms with Crippen LogP contribution in [0.2, 0.25) is 0 Å². The molecular formula is C11H20N2O9S2. The number of ether oxygens (including phenoxy) is 1. The third-order valence-corrected chi connectivity index (χ3v) is 4.07. The van der Waals surface area contributed by atoms with Gasteiger partial charge in [0, 0.05) is 6.42 Å². The van der Waals surface area contributed by atoms with Gasteiger partial charge < -0.3 is 30.3 Å². The lowest BCUT2D eigenvalue weighted by Gasteiger charge is -2.39. The molecular weight excluding hydrogens is 368 g/mol. The molecule has 1 saturated heterocycles. The van der Waals surface area contributed by atoms with E-state index >= 15 is 0 Å². The topological polar surface area (TPSA) is 181 Å². The molecule has 24 heavy (non-hydrogen) atoms. The van der Waals surface area contributed by atoms with Crippen LogP contribution in [-0.4, -0.2) is 82.7 Å². The molecule has 0 spiro atoms. The molecule has 0 aliphatic carbocycles. The average Bonchev–Trinajstić information content (AvgIpc) is 2.56. The van der Waals surface area contributed by atoms with E-state index in [4.69, 9.17) is 14.4 Å². The van der Waals surface area contributed by atoms with Crippen molar-refractivity contribution in [1.29, 1.82) is 0 Å². The predicted octanol–water partition coefficient (Wildman–Crippen LogP) is -2.57. The second-order valence-electron chi connectivity index (χ2n) is 4.75. The lowest BCUT2D eigenvalue weighted by atomic mass is 9.99. The fraction of sp³-hybridized carbons (Fsp3) is 0.727. The Morgan fingerprint density at radius 3 is 2.62 bits per heavy atom. The van der Waals surface area contributed by atoms with Crippen LogP contribution in [-0.2, 0) is 20.4 Å². The first-order valence-corrected chi connectivity index (χ1v) is 8.53. The minimum Gasteiger partial charge on any atom is -0.394 e. The Balaban J connectivity index is 2.71. The molecule has 6 unspecified atom stereocenters. The van der Waals surface area contributed by atoms with E-state index in [0.29, 0.717) is 11.9 Å². The van der Waals surface area contributed by atoms with Crippen LogP contribution in [0.5, 0.6) is 0 Å². The number of nitrogens with one attached hydrogen (secondary N) is 1. The highest BCUT2D eigenvalue weighted by molar-refractivity contribution is 8.12. The Hall–Kier alpha value is -0.610. The maximum Gasteiger partial charge on any atom is 0.378 e. The number of rotatable bonds is 8. The second kappa shape index (κ2) is 10.4. The van der Waals surface area contributed by atoms with Crippen molar-refractivity contribution in [3.8, 4) is 0 Å². The number of hydrogen-bond donors (Lipinski definition) is 7. The van der Waals surface area contributed by atoms with Gasteiger partial charge in [-0.15, -0.1) is 6.58 Å². The SMILES string of the molecule is C=C[C@H](O)C/C(=N/OS(=O)O)SNC1OC(CO)C(O)C(O)C1O. The summed E-state index contributed by atoms with van der Waals surface area (Å²) in [6, 6.07) is 0. The van der Waals surface area contributed by atoms with E-state index in [1.54, 1.807) is 0 Å². The summed E-state index contributed by atoms with van der Waals surface area (Å²) < 4.78 is 31.0. The molecule has 0 radical (unpaired) electrons. The van der Waals surface area contributed by atoms with Crippen molar-refractivity contribution in [2.24, 2.45) is 5.16 Å². The molecule has 7 N–H and O–H groups in total. The summed E-state index contributed by atoms with van der Waals surface area (Å²) in [6.45, 7) is 2.79. The highest BCUT2D eigenvalue weighted by Crippen LogP contribution is 2.22. The Kier molecular flexibility index (Phi) is 9.28. The summed E-state index contributed by atoms with van der Waals surface area (Å²) in [4.78, 5) is 0. The van der Waals surface area contributed by atoms with Crippen LogP contribution < -0.4 is 4.72 Å². The van der Waals surface area contributed by atoms with Crippen LogP contribution in [0.4, 0.5) is 0 Å². The summed E-state index contributed by atoms with van der Waals surface area (Å²) in [5, 5.41) is 51.2. The molecule has 13 heteroatoms. The standard InChI is InChI=1S/C11H20N2O9S2/c1-2-5(15)3-7(12-22-24(19)20)23-13-11-10(18)9(17)8(16)6(4-14)21-11/h2,5-6,8-11,13-18H,1,3-4H2,(H,19,20)/b12-7-/t5-,6?,8?,9?,10?,11?/m0/s1. The van der Waals surface area contributed by atoms with Gasteiger partial charge in [0.05, 0.1) is 12.7 Å². The molecule has 1 heterocycles. The van der Waals surface area contributed by atoms with Gasteiger partial charge >= 0.3 is 11.4 Å². The molecule has 1 rings (SSSR count). The van der Waals surface area contributed by atoms with Crippen molar-refractivity contribution in [2.45, 2.75) is 43.2 Å². The van der Waals surface area contributed by atoms with Crippen molar-refractivity contribution in [3.05, 3.63) is 12.7 Å². The Labute approximate surface area is 144 Å². The normalized spacial score (nSPS) is 33.8. The molecule has 0 aromatic rings. The fourth-order valence-corrected chi connectivity index (χ4v) is 2.73. The molecule has 140 valence electrons. The Morgan fingerprint density at radius 1 is 1.42 bits per heavy atom. The molecule has 1 fully saturated rings.